The molecule has 0 saturated carbocycles. The minimum absolute atomic E-state index is 0.0185. The number of ether oxygens (including phenoxy) is 1. The number of aryl methyl sites for hydroxylation is 1. The molecule has 8 heteroatoms. The number of benzene rings is 1. The van der Waals surface area contributed by atoms with Crippen molar-refractivity contribution >= 4 is 22.2 Å². The zero-order chi connectivity index (χ0) is 19.3. The van der Waals surface area contributed by atoms with Crippen molar-refractivity contribution in [2.45, 2.75) is 19.4 Å². The van der Waals surface area contributed by atoms with Crippen LogP contribution in [0.4, 0.5) is 0 Å². The molecule has 1 amide bonds. The predicted molar refractivity (Wildman–Crippen MR) is 109 cm³/mol. The van der Waals surface area contributed by atoms with Gasteiger partial charge in [0.15, 0.2) is 4.96 Å². The van der Waals surface area contributed by atoms with Gasteiger partial charge in [0.1, 0.15) is 5.75 Å². The number of aromatic nitrogens is 4. The Labute approximate surface area is 166 Å². The van der Waals surface area contributed by atoms with Gasteiger partial charge in [0.05, 0.1) is 25.6 Å². The number of amides is 1. The van der Waals surface area contributed by atoms with Crippen LogP contribution in [0.25, 0.3) is 16.2 Å². The fourth-order valence-corrected chi connectivity index (χ4v) is 3.87. The number of carbonyl (C=O) groups excluding carboxylic acids is 1. The minimum Gasteiger partial charge on any atom is -0.497 e. The molecule has 0 bridgehead atoms. The highest BCUT2D eigenvalue weighted by molar-refractivity contribution is 7.15. The summed E-state index contributed by atoms with van der Waals surface area (Å²) in [6.07, 6.45) is 8.64. The molecule has 0 aliphatic rings. The molecule has 144 valence electrons. The molecule has 0 aliphatic carbocycles. The van der Waals surface area contributed by atoms with Crippen LogP contribution in [-0.4, -0.2) is 38.5 Å². The van der Waals surface area contributed by atoms with Gasteiger partial charge in [-0.1, -0.05) is 0 Å². The van der Waals surface area contributed by atoms with E-state index in [9.17, 15) is 4.79 Å². The Hall–Kier alpha value is -3.13. The number of hydrogen-bond donors (Lipinski definition) is 1. The van der Waals surface area contributed by atoms with Crippen molar-refractivity contribution < 1.29 is 9.53 Å². The number of nitrogens with zero attached hydrogens (tertiary/aromatic N) is 4. The van der Waals surface area contributed by atoms with E-state index in [1.807, 2.05) is 51.0 Å². The second-order valence-corrected chi connectivity index (χ2v) is 7.25. The molecular weight excluding hydrogens is 374 g/mol. The van der Waals surface area contributed by atoms with Gasteiger partial charge in [-0.3, -0.25) is 9.20 Å². The lowest BCUT2D eigenvalue weighted by Crippen LogP contribution is -2.27. The van der Waals surface area contributed by atoms with Gasteiger partial charge in [0, 0.05) is 48.3 Å². The Bertz CT molecular complexity index is 1050. The van der Waals surface area contributed by atoms with Gasteiger partial charge in [-0.15, -0.1) is 11.3 Å². The Morgan fingerprint density at radius 1 is 1.29 bits per heavy atom. The van der Waals surface area contributed by atoms with Crippen LogP contribution in [0.1, 0.15) is 12.1 Å². The Morgan fingerprint density at radius 2 is 2.14 bits per heavy atom. The maximum absolute atomic E-state index is 12.3. The van der Waals surface area contributed by atoms with Crippen LogP contribution < -0.4 is 10.1 Å². The summed E-state index contributed by atoms with van der Waals surface area (Å²) >= 11 is 1.54. The lowest BCUT2D eigenvalue weighted by Gasteiger charge is -2.05. The monoisotopic (exact) mass is 395 g/mol. The molecule has 1 aromatic carbocycles. The summed E-state index contributed by atoms with van der Waals surface area (Å²) in [5.41, 5.74) is 2.85. The highest BCUT2D eigenvalue weighted by atomic mass is 32.1. The van der Waals surface area contributed by atoms with Gasteiger partial charge in [-0.25, -0.2) is 9.97 Å². The highest BCUT2D eigenvalue weighted by Crippen LogP contribution is 2.25. The largest absolute Gasteiger partial charge is 0.497 e. The van der Waals surface area contributed by atoms with Gasteiger partial charge in [0.2, 0.25) is 5.91 Å². The average Bonchev–Trinajstić information content (AvgIpc) is 3.44. The van der Waals surface area contributed by atoms with E-state index in [1.165, 1.54) is 0 Å². The van der Waals surface area contributed by atoms with Crippen molar-refractivity contribution in [2.75, 3.05) is 13.7 Å². The summed E-state index contributed by atoms with van der Waals surface area (Å²) in [6, 6.07) is 7.80. The van der Waals surface area contributed by atoms with Gasteiger partial charge in [-0.2, -0.15) is 0 Å². The molecule has 0 aliphatic heterocycles. The Morgan fingerprint density at radius 3 is 2.89 bits per heavy atom. The topological polar surface area (TPSA) is 73.5 Å². The van der Waals surface area contributed by atoms with Crippen LogP contribution in [0.3, 0.4) is 0 Å². The van der Waals surface area contributed by atoms with Crippen molar-refractivity contribution in [2.24, 2.45) is 0 Å². The lowest BCUT2D eigenvalue weighted by atomic mass is 10.2. The molecule has 4 aromatic rings. The van der Waals surface area contributed by atoms with Crippen LogP contribution in [0.5, 0.6) is 5.75 Å². The van der Waals surface area contributed by atoms with E-state index in [-0.39, 0.29) is 5.91 Å². The second kappa shape index (κ2) is 8.26. The van der Waals surface area contributed by atoms with Crippen LogP contribution in [0.2, 0.25) is 0 Å². The van der Waals surface area contributed by atoms with Gasteiger partial charge in [0.25, 0.3) is 0 Å². The van der Waals surface area contributed by atoms with Crippen molar-refractivity contribution in [1.82, 2.24) is 24.3 Å². The van der Waals surface area contributed by atoms with Crippen molar-refractivity contribution in [3.8, 4) is 17.0 Å². The number of hydrogen-bond acceptors (Lipinski definition) is 5. The number of carbonyl (C=O) groups is 1. The first-order valence-electron chi connectivity index (χ1n) is 9.05. The Kier molecular flexibility index (Phi) is 5.38. The number of fused-ring (bicyclic) bond motifs is 1. The van der Waals surface area contributed by atoms with E-state index >= 15 is 0 Å². The molecule has 4 rings (SSSR count). The summed E-state index contributed by atoms with van der Waals surface area (Å²) in [7, 11) is 1.65. The number of nitrogens with one attached hydrogen (secondary N) is 1. The maximum Gasteiger partial charge on any atom is 0.225 e. The maximum atomic E-state index is 12.3. The molecule has 0 radical (unpaired) electrons. The molecule has 0 unspecified atom stereocenters. The Balaban J connectivity index is 1.37. The molecule has 28 heavy (non-hydrogen) atoms. The van der Waals surface area contributed by atoms with Gasteiger partial charge < -0.3 is 14.6 Å². The number of imidazole rings is 2. The lowest BCUT2D eigenvalue weighted by molar-refractivity contribution is -0.120. The van der Waals surface area contributed by atoms with Crippen molar-refractivity contribution in [3.05, 3.63) is 60.3 Å². The van der Waals surface area contributed by atoms with E-state index < -0.39 is 0 Å². The summed E-state index contributed by atoms with van der Waals surface area (Å²) in [4.78, 5) is 21.9. The van der Waals surface area contributed by atoms with E-state index in [1.54, 1.807) is 31.0 Å². The van der Waals surface area contributed by atoms with Gasteiger partial charge >= 0.3 is 0 Å². The predicted octanol–water partition coefficient (Wildman–Crippen LogP) is 3.02. The zero-order valence-corrected chi connectivity index (χ0v) is 16.4. The first-order chi connectivity index (χ1) is 13.7. The average molecular weight is 395 g/mol. The fourth-order valence-electron chi connectivity index (χ4n) is 2.99. The van der Waals surface area contributed by atoms with Crippen molar-refractivity contribution in [3.63, 3.8) is 0 Å². The third kappa shape index (κ3) is 4.07. The standard InChI is InChI=1S/C20H21N5O2S/c1-27-17-5-3-15(4-6-17)18-12-25-16(13-28-20(25)23-18)11-19(26)22-7-2-9-24-10-8-21-14-24/h3-6,8,10,12-14H,2,7,9,11H2,1H3,(H,22,26). The van der Waals surface area contributed by atoms with E-state index in [4.69, 9.17) is 4.74 Å². The molecule has 3 aromatic heterocycles. The third-order valence-electron chi connectivity index (χ3n) is 4.49. The summed E-state index contributed by atoms with van der Waals surface area (Å²) in [5.74, 6) is 0.834. The molecule has 0 spiro atoms. The van der Waals surface area contributed by atoms with Crippen molar-refractivity contribution in [1.29, 1.82) is 0 Å². The fraction of sp³-hybridized carbons (Fsp3) is 0.250. The number of rotatable bonds is 8. The molecule has 0 atom stereocenters. The zero-order valence-electron chi connectivity index (χ0n) is 15.5. The van der Waals surface area contributed by atoms with Crippen LogP contribution in [0.15, 0.2) is 54.6 Å². The van der Waals surface area contributed by atoms with Gasteiger partial charge in [-0.05, 0) is 30.7 Å². The van der Waals surface area contributed by atoms with E-state index in [0.29, 0.717) is 13.0 Å². The van der Waals surface area contributed by atoms with E-state index in [2.05, 4.69) is 15.3 Å². The normalized spacial score (nSPS) is 11.0. The second-order valence-electron chi connectivity index (χ2n) is 6.42. The molecule has 7 nitrogen and oxygen atoms in total. The smallest absolute Gasteiger partial charge is 0.225 e. The highest BCUT2D eigenvalue weighted by Gasteiger charge is 2.12. The summed E-state index contributed by atoms with van der Waals surface area (Å²) in [6.45, 7) is 1.49. The van der Waals surface area contributed by atoms with Crippen LogP contribution >= 0.6 is 11.3 Å². The molecule has 1 N–H and O–H groups in total. The summed E-state index contributed by atoms with van der Waals surface area (Å²) in [5, 5.41) is 4.97. The van der Waals surface area contributed by atoms with Crippen LogP contribution in [0, 0.1) is 0 Å². The number of methoxy groups -OCH3 is 1. The summed E-state index contributed by atoms with van der Waals surface area (Å²) < 4.78 is 9.20. The number of thiazole rings is 1. The van der Waals surface area contributed by atoms with E-state index in [0.717, 1.165) is 40.6 Å². The molecule has 3 heterocycles. The minimum atomic E-state index is 0.0185. The first-order valence-corrected chi connectivity index (χ1v) is 9.93. The molecule has 0 fully saturated rings. The molecule has 0 saturated heterocycles. The first kappa shape index (κ1) is 18.2. The third-order valence-corrected chi connectivity index (χ3v) is 5.37. The SMILES string of the molecule is COc1ccc(-c2cn3c(CC(=O)NCCCn4ccnc4)csc3n2)cc1. The molecular formula is C20H21N5O2S. The quantitative estimate of drug-likeness (QED) is 0.466. The van der Waals surface area contributed by atoms with Crippen LogP contribution in [-0.2, 0) is 17.8 Å².